The summed E-state index contributed by atoms with van der Waals surface area (Å²) in [6.07, 6.45) is 4.18. The molecular formula is C23H25N5O2S2. The third kappa shape index (κ3) is 4.52. The molecule has 0 aliphatic heterocycles. The van der Waals surface area contributed by atoms with Gasteiger partial charge in [-0.25, -0.2) is 0 Å². The molecule has 4 rings (SSSR count). The van der Waals surface area contributed by atoms with Gasteiger partial charge < -0.3 is 14.6 Å². The van der Waals surface area contributed by atoms with Gasteiger partial charge in [0, 0.05) is 17.5 Å². The molecule has 2 heterocycles. The van der Waals surface area contributed by atoms with E-state index in [2.05, 4.69) is 28.5 Å². The van der Waals surface area contributed by atoms with E-state index < -0.39 is 0 Å². The van der Waals surface area contributed by atoms with Gasteiger partial charge in [0.1, 0.15) is 16.8 Å². The number of methoxy groups -OCH3 is 1. The van der Waals surface area contributed by atoms with Gasteiger partial charge >= 0.3 is 0 Å². The lowest BCUT2D eigenvalue weighted by atomic mass is 9.86. The molecule has 7 nitrogen and oxygen atoms in total. The third-order valence-corrected chi connectivity index (χ3v) is 8.01. The fourth-order valence-corrected chi connectivity index (χ4v) is 5.97. The van der Waals surface area contributed by atoms with Crippen LogP contribution in [0.25, 0.3) is 11.4 Å². The van der Waals surface area contributed by atoms with Crippen molar-refractivity contribution in [3.05, 3.63) is 40.3 Å². The van der Waals surface area contributed by atoms with Crippen molar-refractivity contribution in [2.24, 2.45) is 13.0 Å². The summed E-state index contributed by atoms with van der Waals surface area (Å²) in [7, 11) is 3.51. The Bertz CT molecular complexity index is 1160. The summed E-state index contributed by atoms with van der Waals surface area (Å²) in [5.41, 5.74) is 2.69. The van der Waals surface area contributed by atoms with E-state index in [0.717, 1.165) is 48.4 Å². The highest BCUT2D eigenvalue weighted by atomic mass is 32.2. The van der Waals surface area contributed by atoms with Gasteiger partial charge in [-0.15, -0.1) is 21.5 Å². The summed E-state index contributed by atoms with van der Waals surface area (Å²) >= 11 is 2.88. The molecule has 1 N–H and O–H groups in total. The van der Waals surface area contributed by atoms with Crippen LogP contribution in [0.15, 0.2) is 29.4 Å². The van der Waals surface area contributed by atoms with E-state index in [0.29, 0.717) is 21.6 Å². The van der Waals surface area contributed by atoms with Gasteiger partial charge in [-0.05, 0) is 55.0 Å². The number of thiophene rings is 1. The molecule has 0 fully saturated rings. The van der Waals surface area contributed by atoms with Crippen LogP contribution in [0.1, 0.15) is 35.8 Å². The first kappa shape index (κ1) is 22.4. The second-order valence-electron chi connectivity index (χ2n) is 7.77. The average Bonchev–Trinajstić information content (AvgIpc) is 3.36. The van der Waals surface area contributed by atoms with E-state index in [-0.39, 0.29) is 11.7 Å². The molecule has 0 bridgehead atoms. The van der Waals surface area contributed by atoms with Crippen LogP contribution in [0.2, 0.25) is 0 Å². The van der Waals surface area contributed by atoms with Crippen LogP contribution in [-0.4, -0.2) is 33.5 Å². The first-order valence-corrected chi connectivity index (χ1v) is 12.3. The minimum absolute atomic E-state index is 0.147. The van der Waals surface area contributed by atoms with E-state index in [1.54, 1.807) is 18.4 Å². The number of fused-ring (bicyclic) bond motifs is 1. The number of carbonyl (C=O) groups is 1. The molecule has 0 saturated carbocycles. The second-order valence-corrected chi connectivity index (χ2v) is 9.82. The van der Waals surface area contributed by atoms with Gasteiger partial charge in [0.25, 0.3) is 0 Å². The molecule has 1 aliphatic carbocycles. The highest BCUT2D eigenvalue weighted by Crippen LogP contribution is 2.40. The lowest BCUT2D eigenvalue weighted by molar-refractivity contribution is -0.113. The van der Waals surface area contributed by atoms with E-state index in [1.165, 1.54) is 16.6 Å². The lowest BCUT2D eigenvalue weighted by Gasteiger charge is -2.20. The predicted molar refractivity (Wildman–Crippen MR) is 127 cm³/mol. The predicted octanol–water partition coefficient (Wildman–Crippen LogP) is 4.67. The average molecular weight is 468 g/mol. The molecule has 1 unspecified atom stereocenters. The van der Waals surface area contributed by atoms with E-state index in [1.807, 2.05) is 35.9 Å². The fraction of sp³-hybridized carbons (Fsp3) is 0.391. The maximum Gasteiger partial charge on any atom is 0.235 e. The molecule has 1 atom stereocenters. The van der Waals surface area contributed by atoms with Crippen LogP contribution in [0.5, 0.6) is 5.75 Å². The molecule has 3 aromatic rings. The zero-order chi connectivity index (χ0) is 22.7. The number of nitrogens with one attached hydrogen (secondary N) is 1. The molecule has 1 amide bonds. The normalized spacial score (nSPS) is 15.1. The van der Waals surface area contributed by atoms with Crippen LogP contribution in [0.3, 0.4) is 0 Å². The number of amides is 1. The standard InChI is InChI=1S/C23H25N5O2S2/c1-4-14-5-10-17-18(12-24)22(32-19(17)11-14)25-20(29)13-31-23-27-26-21(28(23)2)15-6-8-16(30-3)9-7-15/h6-9,14H,4-5,10-11,13H2,1-3H3,(H,25,29). The number of benzene rings is 1. The molecule has 0 saturated heterocycles. The number of rotatable bonds is 7. The van der Waals surface area contributed by atoms with Crippen molar-refractivity contribution in [1.82, 2.24) is 14.8 Å². The minimum Gasteiger partial charge on any atom is -0.497 e. The molecule has 9 heteroatoms. The van der Waals surface area contributed by atoms with Gasteiger partial charge in [-0.2, -0.15) is 5.26 Å². The summed E-state index contributed by atoms with van der Waals surface area (Å²) in [5.74, 6) is 2.21. The highest BCUT2D eigenvalue weighted by molar-refractivity contribution is 7.99. The molecule has 32 heavy (non-hydrogen) atoms. The number of thioether (sulfide) groups is 1. The number of carbonyl (C=O) groups excluding carboxylic acids is 1. The van der Waals surface area contributed by atoms with Crippen molar-refractivity contribution in [2.45, 2.75) is 37.8 Å². The quantitative estimate of drug-likeness (QED) is 0.508. The first-order valence-electron chi connectivity index (χ1n) is 10.5. The molecule has 2 aromatic heterocycles. The Morgan fingerprint density at radius 2 is 2.16 bits per heavy atom. The zero-order valence-corrected chi connectivity index (χ0v) is 20.0. The summed E-state index contributed by atoms with van der Waals surface area (Å²) < 4.78 is 7.07. The Morgan fingerprint density at radius 3 is 2.84 bits per heavy atom. The van der Waals surface area contributed by atoms with Crippen LogP contribution in [-0.2, 0) is 24.7 Å². The van der Waals surface area contributed by atoms with Gasteiger partial charge in [-0.3, -0.25) is 4.79 Å². The molecule has 0 spiro atoms. The fourth-order valence-electron chi connectivity index (χ4n) is 3.93. The van der Waals surface area contributed by atoms with E-state index in [9.17, 15) is 10.1 Å². The number of hydrogen-bond donors (Lipinski definition) is 1. The largest absolute Gasteiger partial charge is 0.497 e. The summed E-state index contributed by atoms with van der Waals surface area (Å²) in [6.45, 7) is 2.21. The summed E-state index contributed by atoms with van der Waals surface area (Å²) in [5, 5.41) is 22.5. The van der Waals surface area contributed by atoms with Crippen molar-refractivity contribution in [3.8, 4) is 23.2 Å². The Labute approximate surface area is 195 Å². The van der Waals surface area contributed by atoms with Crippen LogP contribution in [0.4, 0.5) is 5.00 Å². The van der Waals surface area contributed by atoms with Crippen molar-refractivity contribution in [3.63, 3.8) is 0 Å². The topological polar surface area (TPSA) is 92.8 Å². The van der Waals surface area contributed by atoms with Gasteiger partial charge in [0.2, 0.25) is 5.91 Å². The minimum atomic E-state index is -0.147. The van der Waals surface area contributed by atoms with E-state index in [4.69, 9.17) is 4.74 Å². The van der Waals surface area contributed by atoms with Crippen molar-refractivity contribution in [1.29, 1.82) is 5.26 Å². The Kier molecular flexibility index (Phi) is 6.82. The Balaban J connectivity index is 1.41. The maximum absolute atomic E-state index is 12.6. The van der Waals surface area contributed by atoms with Gasteiger partial charge in [0.15, 0.2) is 11.0 Å². The summed E-state index contributed by atoms with van der Waals surface area (Å²) in [4.78, 5) is 13.9. The number of aromatic nitrogens is 3. The molecule has 0 radical (unpaired) electrons. The van der Waals surface area contributed by atoms with Crippen molar-refractivity contribution < 1.29 is 9.53 Å². The number of nitriles is 1. The SMILES string of the molecule is CCC1CCc2c(sc(NC(=O)CSc3nnc(-c4ccc(OC)cc4)n3C)c2C#N)C1. The lowest BCUT2D eigenvalue weighted by Crippen LogP contribution is -2.14. The van der Waals surface area contributed by atoms with Crippen LogP contribution in [0, 0.1) is 17.2 Å². The molecular weight excluding hydrogens is 442 g/mol. The molecule has 1 aromatic carbocycles. The first-order chi connectivity index (χ1) is 15.5. The van der Waals surface area contributed by atoms with Crippen LogP contribution < -0.4 is 10.1 Å². The maximum atomic E-state index is 12.6. The zero-order valence-electron chi connectivity index (χ0n) is 18.3. The number of ether oxygens (including phenoxy) is 1. The summed E-state index contributed by atoms with van der Waals surface area (Å²) in [6, 6.07) is 9.91. The monoisotopic (exact) mass is 467 g/mol. The second kappa shape index (κ2) is 9.76. The number of nitrogens with zero attached hydrogens (tertiary/aromatic N) is 4. The van der Waals surface area contributed by atoms with Crippen molar-refractivity contribution >= 4 is 34.0 Å². The number of hydrogen-bond acceptors (Lipinski definition) is 7. The highest BCUT2D eigenvalue weighted by Gasteiger charge is 2.26. The van der Waals surface area contributed by atoms with Gasteiger partial charge in [-0.1, -0.05) is 25.1 Å². The van der Waals surface area contributed by atoms with Crippen LogP contribution >= 0.6 is 23.1 Å². The molecule has 166 valence electrons. The third-order valence-electron chi connectivity index (χ3n) is 5.82. The van der Waals surface area contributed by atoms with Crippen molar-refractivity contribution in [2.75, 3.05) is 18.2 Å². The van der Waals surface area contributed by atoms with E-state index >= 15 is 0 Å². The smallest absolute Gasteiger partial charge is 0.235 e. The molecule has 1 aliphatic rings. The van der Waals surface area contributed by atoms with Gasteiger partial charge in [0.05, 0.1) is 18.4 Å². The Hall–Kier alpha value is -2.83. The Morgan fingerprint density at radius 1 is 1.38 bits per heavy atom. The number of anilines is 1.